The molecule has 2 saturated heterocycles. The first-order chi connectivity index (χ1) is 17.4. The first-order valence-electron chi connectivity index (χ1n) is 11.8. The van der Waals surface area contributed by atoms with Crippen molar-refractivity contribution in [3.8, 4) is 5.75 Å². The van der Waals surface area contributed by atoms with Gasteiger partial charge < -0.3 is 19.5 Å². The number of carbonyl (C=O) groups excluding carboxylic acids is 2. The minimum absolute atomic E-state index is 0.0181. The van der Waals surface area contributed by atoms with Gasteiger partial charge in [-0.15, -0.1) is 0 Å². The summed E-state index contributed by atoms with van der Waals surface area (Å²) < 4.78 is 10.9. The third kappa shape index (κ3) is 5.76. The van der Waals surface area contributed by atoms with E-state index in [0.29, 0.717) is 59.7 Å². The highest BCUT2D eigenvalue weighted by atomic mass is 35.5. The van der Waals surface area contributed by atoms with Crippen molar-refractivity contribution < 1.29 is 24.2 Å². The van der Waals surface area contributed by atoms with E-state index in [4.69, 9.17) is 32.7 Å². The third-order valence-electron chi connectivity index (χ3n) is 6.27. The number of halogens is 2. The molecule has 190 valence electrons. The molecule has 2 aliphatic heterocycles. The van der Waals surface area contributed by atoms with Gasteiger partial charge in [0.25, 0.3) is 11.7 Å². The molecule has 4 rings (SSSR count). The Morgan fingerprint density at radius 3 is 2.47 bits per heavy atom. The lowest BCUT2D eigenvalue weighted by Gasteiger charge is -2.29. The number of carbonyl (C=O) groups is 2. The molecule has 0 radical (unpaired) electrons. The van der Waals surface area contributed by atoms with Gasteiger partial charge in [0.15, 0.2) is 0 Å². The van der Waals surface area contributed by atoms with Crippen LogP contribution < -0.4 is 4.74 Å². The molecule has 9 heteroatoms. The molecule has 0 aliphatic carbocycles. The number of amides is 1. The second-order valence-electron chi connectivity index (χ2n) is 8.60. The predicted octanol–water partition coefficient (Wildman–Crippen LogP) is 4.70. The molecule has 1 N–H and O–H groups in total. The molecule has 36 heavy (non-hydrogen) atoms. The Balaban J connectivity index is 1.66. The van der Waals surface area contributed by atoms with Crippen LogP contribution in [0.3, 0.4) is 0 Å². The van der Waals surface area contributed by atoms with Crippen molar-refractivity contribution in [3.05, 3.63) is 81.9 Å². The summed E-state index contributed by atoms with van der Waals surface area (Å²) in [6, 6.07) is 10.8. The minimum Gasteiger partial charge on any atom is -0.507 e. The number of ether oxygens (including phenoxy) is 2. The van der Waals surface area contributed by atoms with Crippen LogP contribution in [0.15, 0.2) is 60.7 Å². The number of Topliss-reactive ketones (excluding diaryl/α,β-unsaturated/α-hetero) is 1. The van der Waals surface area contributed by atoms with E-state index in [-0.39, 0.29) is 11.3 Å². The molecule has 1 amide bonds. The smallest absolute Gasteiger partial charge is 0.295 e. The molecule has 1 unspecified atom stereocenters. The van der Waals surface area contributed by atoms with E-state index in [1.807, 2.05) is 0 Å². The average Bonchev–Trinajstić information content (AvgIpc) is 3.14. The van der Waals surface area contributed by atoms with E-state index in [1.165, 1.54) is 4.90 Å². The monoisotopic (exact) mass is 530 g/mol. The molecule has 2 aromatic carbocycles. The summed E-state index contributed by atoms with van der Waals surface area (Å²) in [7, 11) is 0. The van der Waals surface area contributed by atoms with E-state index in [9.17, 15) is 14.7 Å². The van der Waals surface area contributed by atoms with Crippen molar-refractivity contribution in [1.29, 1.82) is 0 Å². The van der Waals surface area contributed by atoms with Crippen molar-refractivity contribution in [1.82, 2.24) is 9.80 Å². The fourth-order valence-corrected chi connectivity index (χ4v) is 4.76. The lowest BCUT2D eigenvalue weighted by atomic mass is 9.95. The van der Waals surface area contributed by atoms with Crippen LogP contribution in [-0.2, 0) is 14.3 Å². The van der Waals surface area contributed by atoms with Crippen LogP contribution in [0.1, 0.15) is 23.6 Å². The van der Waals surface area contributed by atoms with Crippen molar-refractivity contribution in [2.24, 2.45) is 0 Å². The van der Waals surface area contributed by atoms with Crippen molar-refractivity contribution >= 4 is 40.7 Å². The average molecular weight is 531 g/mol. The molecule has 2 fully saturated rings. The Morgan fingerprint density at radius 1 is 1.08 bits per heavy atom. The SMILES string of the molecule is C=CCOc1ccc(/C(O)=C2\C(=O)C(=O)N(CCCN3CCOCC3)C2c2ccc(Cl)c(Cl)c2)cc1. The second-order valence-corrected chi connectivity index (χ2v) is 9.41. The summed E-state index contributed by atoms with van der Waals surface area (Å²) in [5, 5.41) is 11.9. The number of hydrogen-bond acceptors (Lipinski definition) is 6. The highest BCUT2D eigenvalue weighted by Gasteiger charge is 2.46. The summed E-state index contributed by atoms with van der Waals surface area (Å²) in [5.74, 6) is -1.05. The standard InChI is InChI=1S/C27H28Cl2N2O5/c1-2-14-36-20-7-4-18(5-8-20)25(32)23-24(19-6-9-21(28)22(29)17-19)31(27(34)26(23)33)11-3-10-30-12-15-35-16-13-30/h2,4-9,17,24,32H,1,3,10-16H2/b25-23+. The third-order valence-corrected chi connectivity index (χ3v) is 7.01. The highest BCUT2D eigenvalue weighted by molar-refractivity contribution is 6.46. The largest absolute Gasteiger partial charge is 0.507 e. The highest BCUT2D eigenvalue weighted by Crippen LogP contribution is 2.41. The number of hydrogen-bond donors (Lipinski definition) is 1. The van der Waals surface area contributed by atoms with Gasteiger partial charge in [-0.1, -0.05) is 41.9 Å². The maximum atomic E-state index is 13.2. The van der Waals surface area contributed by atoms with Crippen LogP contribution in [0, 0.1) is 0 Å². The molecule has 2 heterocycles. The first kappa shape index (κ1) is 26.2. The van der Waals surface area contributed by atoms with Gasteiger partial charge in [0.1, 0.15) is 18.1 Å². The number of ketones is 1. The Morgan fingerprint density at radius 2 is 1.81 bits per heavy atom. The lowest BCUT2D eigenvalue weighted by molar-refractivity contribution is -0.140. The number of benzene rings is 2. The van der Waals surface area contributed by atoms with Crippen LogP contribution in [-0.4, -0.2) is 72.6 Å². The number of aliphatic hydroxyl groups excluding tert-OH is 1. The number of aliphatic hydroxyl groups is 1. The van der Waals surface area contributed by atoms with Crippen LogP contribution in [0.4, 0.5) is 0 Å². The summed E-state index contributed by atoms with van der Waals surface area (Å²) in [5.41, 5.74) is 1.02. The molecular weight excluding hydrogens is 503 g/mol. The van der Waals surface area contributed by atoms with Gasteiger partial charge in [0.2, 0.25) is 0 Å². The topological polar surface area (TPSA) is 79.3 Å². The van der Waals surface area contributed by atoms with Crippen LogP contribution in [0.25, 0.3) is 5.76 Å². The van der Waals surface area contributed by atoms with Crippen molar-refractivity contribution in [2.75, 3.05) is 46.0 Å². The predicted molar refractivity (Wildman–Crippen MR) is 139 cm³/mol. The molecule has 1 atom stereocenters. The Kier molecular flexibility index (Phi) is 8.69. The summed E-state index contributed by atoms with van der Waals surface area (Å²) in [6.45, 7) is 8.12. The van der Waals surface area contributed by atoms with E-state index in [2.05, 4.69) is 11.5 Å². The molecule has 2 aliphatic rings. The Hall–Kier alpha value is -2.84. The molecule has 0 bridgehead atoms. The number of likely N-dealkylation sites (tertiary alicyclic amines) is 1. The van der Waals surface area contributed by atoms with Gasteiger partial charge in [-0.2, -0.15) is 0 Å². The van der Waals surface area contributed by atoms with E-state index >= 15 is 0 Å². The maximum Gasteiger partial charge on any atom is 0.295 e. The van der Waals surface area contributed by atoms with Crippen LogP contribution in [0.5, 0.6) is 5.75 Å². The van der Waals surface area contributed by atoms with Gasteiger partial charge in [0, 0.05) is 31.7 Å². The Bertz CT molecular complexity index is 1160. The van der Waals surface area contributed by atoms with Gasteiger partial charge in [-0.3, -0.25) is 14.5 Å². The molecule has 2 aromatic rings. The zero-order valence-corrected chi connectivity index (χ0v) is 21.3. The van der Waals surface area contributed by atoms with Gasteiger partial charge in [-0.05, 0) is 48.4 Å². The summed E-state index contributed by atoms with van der Waals surface area (Å²) in [6.07, 6.45) is 2.30. The molecule has 0 aromatic heterocycles. The second kappa shape index (κ2) is 11.9. The maximum absolute atomic E-state index is 13.2. The van der Waals surface area contributed by atoms with Gasteiger partial charge in [0.05, 0.1) is 34.9 Å². The number of nitrogens with zero attached hydrogens (tertiary/aromatic N) is 2. The van der Waals surface area contributed by atoms with Gasteiger partial charge >= 0.3 is 0 Å². The zero-order valence-electron chi connectivity index (χ0n) is 19.8. The number of morpholine rings is 1. The number of rotatable bonds is 9. The lowest BCUT2D eigenvalue weighted by Crippen LogP contribution is -2.38. The van der Waals surface area contributed by atoms with E-state index < -0.39 is 17.7 Å². The Labute approximate surface area is 220 Å². The quantitative estimate of drug-likeness (QED) is 0.219. The van der Waals surface area contributed by atoms with E-state index in [0.717, 1.165) is 19.6 Å². The summed E-state index contributed by atoms with van der Waals surface area (Å²) >= 11 is 12.4. The van der Waals surface area contributed by atoms with Crippen molar-refractivity contribution in [3.63, 3.8) is 0 Å². The van der Waals surface area contributed by atoms with Crippen molar-refractivity contribution in [2.45, 2.75) is 12.5 Å². The zero-order chi connectivity index (χ0) is 25.7. The molecular formula is C27H28Cl2N2O5. The normalized spacial score (nSPS) is 20.1. The summed E-state index contributed by atoms with van der Waals surface area (Å²) in [4.78, 5) is 30.1. The van der Waals surface area contributed by atoms with Gasteiger partial charge in [-0.25, -0.2) is 0 Å². The fraction of sp³-hybridized carbons (Fsp3) is 0.333. The fourth-order valence-electron chi connectivity index (χ4n) is 4.45. The molecule has 0 saturated carbocycles. The van der Waals surface area contributed by atoms with Crippen LogP contribution in [0.2, 0.25) is 10.0 Å². The van der Waals surface area contributed by atoms with Crippen LogP contribution >= 0.6 is 23.2 Å². The minimum atomic E-state index is -0.791. The van der Waals surface area contributed by atoms with E-state index in [1.54, 1.807) is 48.5 Å². The molecule has 7 nitrogen and oxygen atoms in total. The molecule has 0 spiro atoms. The first-order valence-corrected chi connectivity index (χ1v) is 12.5.